The molecule has 0 radical (unpaired) electrons. The predicted octanol–water partition coefficient (Wildman–Crippen LogP) is 4.01. The zero-order valence-electron chi connectivity index (χ0n) is 23.6. The average molecular weight is 533 g/mol. The van der Waals surface area contributed by atoms with Crippen LogP contribution in [0.2, 0.25) is 0 Å². The van der Waals surface area contributed by atoms with Gasteiger partial charge in [0.1, 0.15) is 18.1 Å². The van der Waals surface area contributed by atoms with Crippen molar-refractivity contribution in [3.05, 3.63) is 48.1 Å². The van der Waals surface area contributed by atoms with E-state index in [1.165, 1.54) is 19.9 Å². The van der Waals surface area contributed by atoms with Crippen molar-refractivity contribution < 1.29 is 38.8 Å². The maximum atomic E-state index is 12.5. The molecule has 0 bridgehead atoms. The van der Waals surface area contributed by atoms with Crippen molar-refractivity contribution >= 4 is 17.7 Å². The number of epoxide rings is 1. The molecule has 0 aromatic rings. The van der Waals surface area contributed by atoms with Gasteiger partial charge in [-0.05, 0) is 56.4 Å². The van der Waals surface area contributed by atoms with E-state index in [0.29, 0.717) is 6.42 Å². The van der Waals surface area contributed by atoms with Gasteiger partial charge < -0.3 is 24.4 Å². The molecule has 0 aliphatic carbocycles. The molecule has 0 aromatic carbocycles. The van der Waals surface area contributed by atoms with E-state index in [1.807, 2.05) is 39.8 Å². The number of esters is 2. The lowest BCUT2D eigenvalue weighted by atomic mass is 9.92. The first-order valence-corrected chi connectivity index (χ1v) is 13.4. The fourth-order valence-corrected chi connectivity index (χ4v) is 4.60. The quantitative estimate of drug-likeness (QED) is 0.150. The summed E-state index contributed by atoms with van der Waals surface area (Å²) >= 11 is 0. The fourth-order valence-electron chi connectivity index (χ4n) is 4.60. The molecule has 9 unspecified atom stereocenters. The molecule has 0 aromatic heterocycles. The van der Waals surface area contributed by atoms with Crippen LogP contribution < -0.4 is 0 Å². The average Bonchev–Trinajstić information content (AvgIpc) is 3.60. The van der Waals surface area contributed by atoms with E-state index in [1.54, 1.807) is 12.2 Å². The van der Waals surface area contributed by atoms with Crippen molar-refractivity contribution in [3.63, 3.8) is 0 Å². The largest absolute Gasteiger partial charge is 0.457 e. The summed E-state index contributed by atoms with van der Waals surface area (Å²) < 4.78 is 16.8. The van der Waals surface area contributed by atoms with Gasteiger partial charge in [-0.3, -0.25) is 14.4 Å². The highest BCUT2D eigenvalue weighted by Crippen LogP contribution is 2.36. The Morgan fingerprint density at radius 3 is 2.58 bits per heavy atom. The smallest absolute Gasteiger partial charge is 0.314 e. The van der Waals surface area contributed by atoms with Crippen molar-refractivity contribution in [2.45, 2.75) is 104 Å². The van der Waals surface area contributed by atoms with Crippen molar-refractivity contribution in [2.24, 2.45) is 17.8 Å². The van der Waals surface area contributed by atoms with Crippen molar-refractivity contribution in [3.8, 4) is 0 Å². The highest BCUT2D eigenvalue weighted by atomic mass is 16.6. The number of cyclic esters (lactones) is 1. The van der Waals surface area contributed by atoms with E-state index in [4.69, 9.17) is 14.2 Å². The number of allylic oxidation sites excluding steroid dienone is 4. The number of ketones is 1. The third-order valence-corrected chi connectivity index (χ3v) is 7.14. The van der Waals surface area contributed by atoms with Crippen LogP contribution in [0.4, 0.5) is 0 Å². The Bertz CT molecular complexity index is 959. The van der Waals surface area contributed by atoms with Crippen LogP contribution in [-0.2, 0) is 28.6 Å². The number of ether oxygens (including phenoxy) is 3. The Balaban J connectivity index is 2.14. The van der Waals surface area contributed by atoms with Crippen LogP contribution in [0.15, 0.2) is 48.1 Å². The molecule has 1 saturated heterocycles. The number of rotatable bonds is 9. The van der Waals surface area contributed by atoms with Crippen LogP contribution in [0.3, 0.4) is 0 Å². The Labute approximate surface area is 226 Å². The monoisotopic (exact) mass is 532 g/mol. The van der Waals surface area contributed by atoms with Gasteiger partial charge in [0.25, 0.3) is 0 Å². The number of aliphatic hydroxyl groups is 2. The van der Waals surface area contributed by atoms with Gasteiger partial charge in [-0.1, -0.05) is 52.0 Å². The fraction of sp³-hybridized carbons (Fsp3) is 0.633. The standard InChI is InChI=1S/C30H44O8/c1-8-24(33)21(5)29-25(37-29)16-18(2)10-9-11-19(3)28-20(4)12-13-26(36-22(6)31)30(7,35)15-14-23(32)17-27(34)38-28/h9-15,18,20-21,24-26,28-29,33,35H,8,16-17H2,1-7H3/b10-9+,13-12-,15-14-,19-11+. The Kier molecular flexibility index (Phi) is 11.7. The maximum absolute atomic E-state index is 12.5. The third kappa shape index (κ3) is 9.64. The molecular formula is C30H44O8. The second-order valence-corrected chi connectivity index (χ2v) is 10.9. The number of carbonyl (C=O) groups is 3. The lowest BCUT2D eigenvalue weighted by Gasteiger charge is -2.29. The van der Waals surface area contributed by atoms with Gasteiger partial charge in [0.15, 0.2) is 11.9 Å². The number of carbonyl (C=O) groups excluding carboxylic acids is 3. The van der Waals surface area contributed by atoms with Crippen LogP contribution in [0.5, 0.6) is 0 Å². The number of hydrogen-bond acceptors (Lipinski definition) is 8. The SMILES string of the molecule is CCC(O)C(C)C1OC1CC(C)/C=C/C=C(\C)C1OC(=O)CC(=O)/C=C\C(C)(O)C(OC(C)=O)/C=C\C1C. The van der Waals surface area contributed by atoms with Gasteiger partial charge in [-0.2, -0.15) is 0 Å². The summed E-state index contributed by atoms with van der Waals surface area (Å²) in [6, 6.07) is 0. The lowest BCUT2D eigenvalue weighted by molar-refractivity contribution is -0.152. The van der Waals surface area contributed by atoms with E-state index in [0.717, 1.165) is 18.1 Å². The Hall–Kier alpha value is -2.55. The van der Waals surface area contributed by atoms with Crippen LogP contribution >= 0.6 is 0 Å². The molecule has 9 atom stereocenters. The molecule has 2 N–H and O–H groups in total. The summed E-state index contributed by atoms with van der Waals surface area (Å²) in [5.74, 6) is -1.74. The molecule has 2 aliphatic rings. The van der Waals surface area contributed by atoms with Crippen molar-refractivity contribution in [2.75, 3.05) is 0 Å². The zero-order chi connectivity index (χ0) is 28.6. The molecule has 8 heteroatoms. The van der Waals surface area contributed by atoms with Crippen LogP contribution in [-0.4, -0.2) is 64.1 Å². The molecule has 2 heterocycles. The number of aliphatic hydroxyl groups excluding tert-OH is 1. The summed E-state index contributed by atoms with van der Waals surface area (Å²) in [5, 5.41) is 20.9. The van der Waals surface area contributed by atoms with Crippen LogP contribution in [0.25, 0.3) is 0 Å². The molecule has 8 nitrogen and oxygen atoms in total. The molecule has 1 fully saturated rings. The highest BCUT2D eigenvalue weighted by Gasteiger charge is 2.44. The van der Waals surface area contributed by atoms with E-state index in [9.17, 15) is 24.6 Å². The molecule has 2 aliphatic heterocycles. The Morgan fingerprint density at radius 1 is 1.26 bits per heavy atom. The van der Waals surface area contributed by atoms with Crippen molar-refractivity contribution in [1.29, 1.82) is 0 Å². The van der Waals surface area contributed by atoms with Gasteiger partial charge in [0.2, 0.25) is 0 Å². The molecule has 0 saturated carbocycles. The molecule has 2 rings (SSSR count). The summed E-state index contributed by atoms with van der Waals surface area (Å²) in [7, 11) is 0. The van der Waals surface area contributed by atoms with Crippen LogP contribution in [0, 0.1) is 17.8 Å². The van der Waals surface area contributed by atoms with E-state index < -0.39 is 42.0 Å². The summed E-state index contributed by atoms with van der Waals surface area (Å²) in [6.45, 7) is 12.4. The van der Waals surface area contributed by atoms with E-state index >= 15 is 0 Å². The molecule has 0 spiro atoms. The topological polar surface area (TPSA) is 123 Å². The lowest BCUT2D eigenvalue weighted by Crippen LogP contribution is -2.39. The summed E-state index contributed by atoms with van der Waals surface area (Å²) in [4.78, 5) is 36.4. The molecule has 0 amide bonds. The van der Waals surface area contributed by atoms with Gasteiger partial charge in [-0.15, -0.1) is 0 Å². The first-order chi connectivity index (χ1) is 17.7. The first-order valence-electron chi connectivity index (χ1n) is 13.4. The summed E-state index contributed by atoms with van der Waals surface area (Å²) in [6.07, 6.45) is 10.8. The van der Waals surface area contributed by atoms with Gasteiger partial charge in [0.05, 0.1) is 18.3 Å². The zero-order valence-corrected chi connectivity index (χ0v) is 23.6. The van der Waals surface area contributed by atoms with Gasteiger partial charge in [-0.25, -0.2) is 0 Å². The minimum absolute atomic E-state index is 0.0930. The second kappa shape index (κ2) is 14.0. The summed E-state index contributed by atoms with van der Waals surface area (Å²) in [5.41, 5.74) is -0.869. The van der Waals surface area contributed by atoms with Gasteiger partial charge >= 0.3 is 11.9 Å². The normalized spacial score (nSPS) is 34.9. The molecule has 38 heavy (non-hydrogen) atoms. The minimum Gasteiger partial charge on any atom is -0.457 e. The first kappa shape index (κ1) is 31.7. The Morgan fingerprint density at radius 2 is 1.95 bits per heavy atom. The third-order valence-electron chi connectivity index (χ3n) is 7.14. The van der Waals surface area contributed by atoms with Crippen molar-refractivity contribution in [1.82, 2.24) is 0 Å². The molecule has 212 valence electrons. The van der Waals surface area contributed by atoms with Crippen LogP contribution in [0.1, 0.15) is 67.7 Å². The molecular weight excluding hydrogens is 488 g/mol. The minimum atomic E-state index is -1.64. The van der Waals surface area contributed by atoms with Gasteiger partial charge in [0, 0.05) is 18.8 Å². The predicted molar refractivity (Wildman–Crippen MR) is 144 cm³/mol. The second-order valence-electron chi connectivity index (χ2n) is 10.9. The number of hydrogen-bond donors (Lipinski definition) is 2. The maximum Gasteiger partial charge on any atom is 0.314 e. The van der Waals surface area contributed by atoms with E-state index in [2.05, 4.69) is 13.0 Å². The van der Waals surface area contributed by atoms with E-state index in [-0.39, 0.29) is 36.1 Å². The highest BCUT2D eigenvalue weighted by molar-refractivity contribution is 6.02.